The van der Waals surface area contributed by atoms with E-state index in [1.165, 1.54) is 0 Å². The lowest BCUT2D eigenvalue weighted by atomic mass is 10.1. The molecule has 4 N–H and O–H groups in total. The number of unbranched alkanes of at least 4 members (excludes halogenated alkanes) is 1. The first-order valence-electron chi connectivity index (χ1n) is 3.39. The van der Waals surface area contributed by atoms with Crippen LogP contribution in [0.4, 0.5) is 0 Å². The fourth-order valence-electron chi connectivity index (χ4n) is 0.669. The lowest BCUT2D eigenvalue weighted by Gasteiger charge is -2.02. The van der Waals surface area contributed by atoms with E-state index in [1.54, 1.807) is 0 Å². The lowest BCUT2D eigenvalue weighted by molar-refractivity contribution is 0.567. The quantitative estimate of drug-likeness (QED) is 0.312. The van der Waals surface area contributed by atoms with Crippen LogP contribution in [-0.2, 0) is 0 Å². The van der Waals surface area contributed by atoms with Gasteiger partial charge in [0.15, 0.2) is 0 Å². The number of nitrogens with two attached hydrogens (primary N) is 2. The molecule has 9 heavy (non-hydrogen) atoms. The van der Waals surface area contributed by atoms with Crippen LogP contribution >= 0.6 is 0 Å². The highest BCUT2D eigenvalue weighted by molar-refractivity contribution is 4.52. The minimum absolute atomic E-state index is 0.322. The van der Waals surface area contributed by atoms with Crippen molar-refractivity contribution in [3.05, 3.63) is 0 Å². The standard InChI is InChI=1S/C6H16N3/c1-6(7)4-2-3-5-9-8/h6H,2-5,7-8H2,1H3. The van der Waals surface area contributed by atoms with Gasteiger partial charge in [-0.05, 0) is 19.8 Å². The van der Waals surface area contributed by atoms with Crippen LogP contribution in [0.25, 0.3) is 0 Å². The van der Waals surface area contributed by atoms with Crippen LogP contribution in [0, 0.1) is 0 Å². The largest absolute Gasteiger partial charge is 0.328 e. The van der Waals surface area contributed by atoms with Crippen molar-refractivity contribution in [2.45, 2.75) is 32.2 Å². The molecule has 0 amide bonds. The van der Waals surface area contributed by atoms with Crippen molar-refractivity contribution in [1.82, 2.24) is 5.43 Å². The first-order valence-corrected chi connectivity index (χ1v) is 3.39. The minimum atomic E-state index is 0.322. The lowest BCUT2D eigenvalue weighted by Crippen LogP contribution is -2.17. The summed E-state index contributed by atoms with van der Waals surface area (Å²) in [6.45, 7) is 2.78. The molecule has 1 atom stereocenters. The molecular weight excluding hydrogens is 114 g/mol. The zero-order valence-corrected chi connectivity index (χ0v) is 6.01. The molecule has 0 aliphatic carbocycles. The first-order chi connectivity index (χ1) is 4.27. The van der Waals surface area contributed by atoms with Gasteiger partial charge in [0, 0.05) is 12.6 Å². The van der Waals surface area contributed by atoms with Crippen molar-refractivity contribution in [3.63, 3.8) is 0 Å². The van der Waals surface area contributed by atoms with Gasteiger partial charge in [0.25, 0.3) is 0 Å². The second kappa shape index (κ2) is 6.01. The predicted octanol–water partition coefficient (Wildman–Crippen LogP) is -0.0180. The molecule has 0 saturated heterocycles. The van der Waals surface area contributed by atoms with Gasteiger partial charge in [0.2, 0.25) is 0 Å². The predicted molar refractivity (Wildman–Crippen MR) is 38.7 cm³/mol. The monoisotopic (exact) mass is 130 g/mol. The number of rotatable bonds is 5. The van der Waals surface area contributed by atoms with Gasteiger partial charge in [0.1, 0.15) is 0 Å². The molecule has 3 heteroatoms. The topological polar surface area (TPSA) is 66.1 Å². The zero-order valence-electron chi connectivity index (χ0n) is 6.01. The maximum atomic E-state index is 5.51. The van der Waals surface area contributed by atoms with Gasteiger partial charge in [-0.15, -0.1) is 0 Å². The van der Waals surface area contributed by atoms with Crippen LogP contribution < -0.4 is 17.0 Å². The SMILES string of the molecule is CC(N)CCCC[N]N. The van der Waals surface area contributed by atoms with Crippen molar-refractivity contribution in [3.8, 4) is 0 Å². The Kier molecular flexibility index (Phi) is 5.93. The molecule has 0 rings (SSSR count). The van der Waals surface area contributed by atoms with E-state index in [9.17, 15) is 0 Å². The van der Waals surface area contributed by atoms with E-state index >= 15 is 0 Å². The van der Waals surface area contributed by atoms with E-state index < -0.39 is 0 Å². The van der Waals surface area contributed by atoms with Gasteiger partial charge in [0.05, 0.1) is 0 Å². The molecular formula is C6H16N3. The Morgan fingerprint density at radius 1 is 1.44 bits per heavy atom. The van der Waals surface area contributed by atoms with Gasteiger partial charge in [-0.25, -0.2) is 0 Å². The average Bonchev–Trinajstić information content (AvgIpc) is 1.80. The summed E-state index contributed by atoms with van der Waals surface area (Å²) in [6.07, 6.45) is 3.28. The van der Waals surface area contributed by atoms with Crippen LogP contribution in [-0.4, -0.2) is 12.6 Å². The molecule has 0 aromatic carbocycles. The number of hydrogen-bond acceptors (Lipinski definition) is 2. The summed E-state index contributed by atoms with van der Waals surface area (Å²) in [6, 6.07) is 0.322. The van der Waals surface area contributed by atoms with Gasteiger partial charge in [-0.1, -0.05) is 6.42 Å². The van der Waals surface area contributed by atoms with E-state index in [1.807, 2.05) is 6.92 Å². The molecule has 0 aromatic heterocycles. The molecule has 0 bridgehead atoms. The summed E-state index contributed by atoms with van der Waals surface area (Å²) in [5.74, 6) is 4.94. The van der Waals surface area contributed by atoms with E-state index in [0.29, 0.717) is 6.04 Å². The highest BCUT2D eigenvalue weighted by Gasteiger charge is 1.92. The Balaban J connectivity index is 2.75. The Morgan fingerprint density at radius 2 is 2.11 bits per heavy atom. The molecule has 1 unspecified atom stereocenters. The van der Waals surface area contributed by atoms with Crippen LogP contribution in [0.5, 0.6) is 0 Å². The normalized spacial score (nSPS) is 13.7. The van der Waals surface area contributed by atoms with Crippen molar-refractivity contribution in [2.75, 3.05) is 6.54 Å². The molecule has 0 fully saturated rings. The Bertz CT molecular complexity index is 54.3. The number of nitrogens with zero attached hydrogens (tertiary/aromatic N) is 1. The van der Waals surface area contributed by atoms with Gasteiger partial charge in [-0.2, -0.15) is 5.43 Å². The number of hydrogen-bond donors (Lipinski definition) is 2. The molecule has 0 saturated carbocycles. The molecule has 0 spiro atoms. The highest BCUT2D eigenvalue weighted by Crippen LogP contribution is 1.96. The van der Waals surface area contributed by atoms with E-state index in [4.69, 9.17) is 11.6 Å². The first kappa shape index (κ1) is 8.88. The second-order valence-electron chi connectivity index (χ2n) is 2.38. The van der Waals surface area contributed by atoms with Gasteiger partial charge in [-0.3, -0.25) is 5.84 Å². The highest BCUT2D eigenvalue weighted by atomic mass is 15.2. The van der Waals surface area contributed by atoms with Crippen molar-refractivity contribution < 1.29 is 0 Å². The van der Waals surface area contributed by atoms with Crippen molar-refractivity contribution in [2.24, 2.45) is 11.6 Å². The van der Waals surface area contributed by atoms with Crippen molar-refractivity contribution >= 4 is 0 Å². The molecule has 55 valence electrons. The second-order valence-corrected chi connectivity index (χ2v) is 2.38. The van der Waals surface area contributed by atoms with Crippen LogP contribution in [0.15, 0.2) is 0 Å². The van der Waals surface area contributed by atoms with Crippen LogP contribution in [0.1, 0.15) is 26.2 Å². The maximum Gasteiger partial charge on any atom is 0.0301 e. The summed E-state index contributed by atoms with van der Waals surface area (Å²) in [7, 11) is 0. The smallest absolute Gasteiger partial charge is 0.0301 e. The summed E-state index contributed by atoms with van der Waals surface area (Å²) >= 11 is 0. The summed E-state index contributed by atoms with van der Waals surface area (Å²) in [5, 5.41) is 0. The van der Waals surface area contributed by atoms with E-state index in [0.717, 1.165) is 25.8 Å². The van der Waals surface area contributed by atoms with E-state index in [2.05, 4.69) is 5.43 Å². The summed E-state index contributed by atoms with van der Waals surface area (Å²) in [5.41, 5.74) is 9.00. The fraction of sp³-hybridized carbons (Fsp3) is 1.00. The molecule has 0 heterocycles. The van der Waals surface area contributed by atoms with Gasteiger partial charge < -0.3 is 5.73 Å². The van der Waals surface area contributed by atoms with Crippen molar-refractivity contribution in [1.29, 1.82) is 0 Å². The Morgan fingerprint density at radius 3 is 2.56 bits per heavy atom. The molecule has 0 aliphatic rings. The third-order valence-corrected chi connectivity index (χ3v) is 1.20. The van der Waals surface area contributed by atoms with Crippen LogP contribution in [0.2, 0.25) is 0 Å². The third-order valence-electron chi connectivity index (χ3n) is 1.20. The Hall–Kier alpha value is -0.120. The van der Waals surface area contributed by atoms with Gasteiger partial charge >= 0.3 is 0 Å². The third kappa shape index (κ3) is 7.88. The Labute approximate surface area is 56.8 Å². The molecule has 0 aliphatic heterocycles. The maximum absolute atomic E-state index is 5.51. The molecule has 1 radical (unpaired) electrons. The fourth-order valence-corrected chi connectivity index (χ4v) is 0.669. The minimum Gasteiger partial charge on any atom is -0.328 e. The summed E-state index contributed by atoms with van der Waals surface area (Å²) < 4.78 is 0. The molecule has 0 aromatic rings. The average molecular weight is 130 g/mol. The van der Waals surface area contributed by atoms with Crippen LogP contribution in [0.3, 0.4) is 0 Å². The summed E-state index contributed by atoms with van der Waals surface area (Å²) in [4.78, 5) is 0. The molecule has 3 nitrogen and oxygen atoms in total. The zero-order chi connectivity index (χ0) is 7.11. The van der Waals surface area contributed by atoms with E-state index in [-0.39, 0.29) is 0 Å².